The Bertz CT molecular complexity index is 343. The fourth-order valence-electron chi connectivity index (χ4n) is 1.41. The minimum absolute atomic E-state index is 0.0798. The number of carbonyl (C=O) groups excluding carboxylic acids is 1. The van der Waals surface area contributed by atoms with E-state index >= 15 is 0 Å². The zero-order valence-corrected chi connectivity index (χ0v) is 10.2. The van der Waals surface area contributed by atoms with Crippen molar-refractivity contribution in [2.75, 3.05) is 13.2 Å². The highest BCUT2D eigenvalue weighted by Crippen LogP contribution is 2.13. The van der Waals surface area contributed by atoms with Gasteiger partial charge in [-0.1, -0.05) is 12.1 Å². The van der Waals surface area contributed by atoms with Crippen molar-refractivity contribution in [3.63, 3.8) is 0 Å². The van der Waals surface area contributed by atoms with E-state index < -0.39 is 0 Å². The van der Waals surface area contributed by atoms with Crippen LogP contribution in [0, 0.1) is 0 Å². The third-order valence-corrected chi connectivity index (χ3v) is 2.12. The first-order valence-electron chi connectivity index (χ1n) is 5.67. The molecule has 1 N–H and O–H groups in total. The summed E-state index contributed by atoms with van der Waals surface area (Å²) in [6.45, 7) is 3.77. The maximum atomic E-state index is 11.0. The molecule has 0 aliphatic heterocycles. The Morgan fingerprint density at radius 2 is 2.00 bits per heavy atom. The van der Waals surface area contributed by atoms with E-state index in [1.165, 1.54) is 0 Å². The summed E-state index contributed by atoms with van der Waals surface area (Å²) in [6, 6.07) is 7.29. The summed E-state index contributed by atoms with van der Waals surface area (Å²) >= 11 is 0. The topological polar surface area (TPSA) is 55.8 Å². The van der Waals surface area contributed by atoms with E-state index in [1.807, 2.05) is 12.1 Å². The molecule has 4 heteroatoms. The van der Waals surface area contributed by atoms with E-state index in [0.29, 0.717) is 18.8 Å². The molecule has 1 rings (SSSR count). The molecule has 0 heterocycles. The van der Waals surface area contributed by atoms with Gasteiger partial charge in [0.1, 0.15) is 5.75 Å². The lowest BCUT2D eigenvalue weighted by Crippen LogP contribution is -2.14. The molecule has 94 valence electrons. The van der Waals surface area contributed by atoms with Crippen molar-refractivity contribution in [1.82, 2.24) is 0 Å². The van der Waals surface area contributed by atoms with Gasteiger partial charge < -0.3 is 14.6 Å². The first-order chi connectivity index (χ1) is 8.11. The van der Waals surface area contributed by atoms with Gasteiger partial charge in [0.25, 0.3) is 0 Å². The minimum atomic E-state index is -0.374. The highest BCUT2D eigenvalue weighted by atomic mass is 16.6. The number of aliphatic hydroxyl groups is 1. The Balaban J connectivity index is 2.42. The molecule has 0 spiro atoms. The summed E-state index contributed by atoms with van der Waals surface area (Å²) in [5.74, 6) is 0.243. The highest BCUT2D eigenvalue weighted by Gasteiger charge is 2.03. The number of ether oxygens (including phenoxy) is 2. The predicted molar refractivity (Wildman–Crippen MR) is 64.0 cm³/mol. The summed E-state index contributed by atoms with van der Waals surface area (Å²) in [6.07, 6.45) is 0.249. The molecule has 0 saturated heterocycles. The summed E-state index contributed by atoms with van der Waals surface area (Å²) in [7, 11) is 0. The standard InChI is InChI=1S/C13H18O4/c1-3-16-13(15)9-17-12-6-4-11(5-7-12)8-10(2)14/h4-7,10,14H,3,8-9H2,1-2H3. The van der Waals surface area contributed by atoms with Crippen molar-refractivity contribution in [1.29, 1.82) is 0 Å². The molecule has 1 aromatic carbocycles. The maximum absolute atomic E-state index is 11.0. The highest BCUT2D eigenvalue weighted by molar-refractivity contribution is 5.71. The van der Waals surface area contributed by atoms with Crippen molar-refractivity contribution in [2.24, 2.45) is 0 Å². The molecule has 0 aliphatic rings. The van der Waals surface area contributed by atoms with Crippen molar-refractivity contribution >= 4 is 5.97 Å². The molecule has 4 nitrogen and oxygen atoms in total. The van der Waals surface area contributed by atoms with Crippen LogP contribution in [0.3, 0.4) is 0 Å². The van der Waals surface area contributed by atoms with Crippen molar-refractivity contribution < 1.29 is 19.4 Å². The summed E-state index contributed by atoms with van der Waals surface area (Å²) < 4.78 is 9.99. The molecule has 0 bridgehead atoms. The van der Waals surface area contributed by atoms with Crippen molar-refractivity contribution in [3.8, 4) is 5.75 Å². The van der Waals surface area contributed by atoms with E-state index in [1.54, 1.807) is 26.0 Å². The monoisotopic (exact) mass is 238 g/mol. The molecule has 1 atom stereocenters. The largest absolute Gasteiger partial charge is 0.482 e. The molecule has 0 aromatic heterocycles. The van der Waals surface area contributed by atoms with Gasteiger partial charge in [-0.3, -0.25) is 0 Å². The zero-order valence-electron chi connectivity index (χ0n) is 10.2. The lowest BCUT2D eigenvalue weighted by atomic mass is 10.1. The van der Waals surface area contributed by atoms with Crippen LogP contribution in [0.4, 0.5) is 0 Å². The molecule has 0 fully saturated rings. The molecule has 0 radical (unpaired) electrons. The number of carbonyl (C=O) groups is 1. The second kappa shape index (κ2) is 6.91. The average molecular weight is 238 g/mol. The Hall–Kier alpha value is -1.55. The van der Waals surface area contributed by atoms with Crippen molar-refractivity contribution in [3.05, 3.63) is 29.8 Å². The van der Waals surface area contributed by atoms with Crippen LogP contribution >= 0.6 is 0 Å². The smallest absolute Gasteiger partial charge is 0.344 e. The van der Waals surface area contributed by atoms with Gasteiger partial charge in [-0.15, -0.1) is 0 Å². The summed E-state index contributed by atoms with van der Waals surface area (Å²) in [4.78, 5) is 11.0. The van der Waals surface area contributed by atoms with Crippen LogP contribution in [0.2, 0.25) is 0 Å². The molecule has 0 amide bonds. The minimum Gasteiger partial charge on any atom is -0.482 e. The Labute approximate surface area is 101 Å². The average Bonchev–Trinajstić information content (AvgIpc) is 2.28. The van der Waals surface area contributed by atoms with E-state index in [4.69, 9.17) is 9.47 Å². The second-order valence-electron chi connectivity index (χ2n) is 3.79. The Morgan fingerprint density at radius 1 is 1.35 bits per heavy atom. The van der Waals surface area contributed by atoms with E-state index in [0.717, 1.165) is 5.56 Å². The third kappa shape index (κ3) is 5.36. The van der Waals surface area contributed by atoms with Gasteiger partial charge in [-0.2, -0.15) is 0 Å². The van der Waals surface area contributed by atoms with Gasteiger partial charge >= 0.3 is 5.97 Å². The van der Waals surface area contributed by atoms with Crippen LogP contribution in [0.15, 0.2) is 24.3 Å². The summed E-state index contributed by atoms with van der Waals surface area (Å²) in [5, 5.41) is 9.22. The van der Waals surface area contributed by atoms with Crippen LogP contribution in [0.25, 0.3) is 0 Å². The third-order valence-electron chi connectivity index (χ3n) is 2.12. The van der Waals surface area contributed by atoms with Crippen LogP contribution in [-0.4, -0.2) is 30.4 Å². The van der Waals surface area contributed by atoms with Gasteiger partial charge in [-0.25, -0.2) is 4.79 Å². The first kappa shape index (κ1) is 13.5. The van der Waals surface area contributed by atoms with E-state index in [-0.39, 0.29) is 18.7 Å². The lowest BCUT2D eigenvalue weighted by molar-refractivity contribution is -0.145. The number of hydrogen-bond acceptors (Lipinski definition) is 4. The van der Waals surface area contributed by atoms with Gasteiger partial charge in [0.05, 0.1) is 12.7 Å². The first-order valence-corrected chi connectivity index (χ1v) is 5.67. The van der Waals surface area contributed by atoms with Gasteiger partial charge in [-0.05, 0) is 38.0 Å². The molecular formula is C13H18O4. The van der Waals surface area contributed by atoms with E-state index in [2.05, 4.69) is 0 Å². The Kier molecular flexibility index (Phi) is 5.49. The number of esters is 1. The lowest BCUT2D eigenvalue weighted by Gasteiger charge is -2.07. The van der Waals surface area contributed by atoms with Crippen LogP contribution in [0.1, 0.15) is 19.4 Å². The molecular weight excluding hydrogens is 220 g/mol. The van der Waals surface area contributed by atoms with Gasteiger partial charge in [0, 0.05) is 0 Å². The van der Waals surface area contributed by atoms with Gasteiger partial charge in [0.2, 0.25) is 0 Å². The second-order valence-corrected chi connectivity index (χ2v) is 3.79. The Morgan fingerprint density at radius 3 is 2.53 bits per heavy atom. The van der Waals surface area contributed by atoms with Crippen LogP contribution in [0.5, 0.6) is 5.75 Å². The number of rotatable bonds is 6. The van der Waals surface area contributed by atoms with Crippen molar-refractivity contribution in [2.45, 2.75) is 26.4 Å². The quantitative estimate of drug-likeness (QED) is 0.764. The molecule has 0 saturated carbocycles. The number of hydrogen-bond donors (Lipinski definition) is 1. The fourth-order valence-corrected chi connectivity index (χ4v) is 1.41. The molecule has 0 aliphatic carbocycles. The normalized spacial score (nSPS) is 11.9. The van der Waals surface area contributed by atoms with Crippen LogP contribution in [-0.2, 0) is 16.0 Å². The van der Waals surface area contributed by atoms with Gasteiger partial charge in [0.15, 0.2) is 6.61 Å². The number of aliphatic hydroxyl groups excluding tert-OH is 1. The van der Waals surface area contributed by atoms with E-state index in [9.17, 15) is 9.90 Å². The molecule has 1 unspecified atom stereocenters. The fraction of sp³-hybridized carbons (Fsp3) is 0.462. The zero-order chi connectivity index (χ0) is 12.7. The SMILES string of the molecule is CCOC(=O)COc1ccc(CC(C)O)cc1. The molecule has 17 heavy (non-hydrogen) atoms. The summed E-state index contributed by atoms with van der Waals surface area (Å²) in [5.41, 5.74) is 1.03. The maximum Gasteiger partial charge on any atom is 0.344 e. The number of benzene rings is 1. The predicted octanol–water partition coefficient (Wildman–Crippen LogP) is 1.55. The molecule has 1 aromatic rings. The van der Waals surface area contributed by atoms with Crippen LogP contribution < -0.4 is 4.74 Å².